The van der Waals surface area contributed by atoms with Crippen LogP contribution >= 0.6 is 0 Å². The van der Waals surface area contributed by atoms with Crippen LogP contribution in [0.15, 0.2) is 28.4 Å². The van der Waals surface area contributed by atoms with Crippen molar-refractivity contribution in [2.24, 2.45) is 16.0 Å². The molecule has 4 N–H and O–H groups in total. The number of carbonyl (C=O) groups excluding carboxylic acids is 1. The van der Waals surface area contributed by atoms with E-state index in [1.54, 1.807) is 6.07 Å². The monoisotopic (exact) mass is 218 g/mol. The van der Waals surface area contributed by atoms with Crippen LogP contribution in [0.3, 0.4) is 0 Å². The van der Waals surface area contributed by atoms with Gasteiger partial charge in [-0.25, -0.2) is 4.79 Å². The molecule has 0 spiro atoms. The van der Waals surface area contributed by atoms with E-state index in [1.807, 2.05) is 19.1 Å². The number of fused-ring (bicyclic) bond motifs is 1. The van der Waals surface area contributed by atoms with Gasteiger partial charge in [0.2, 0.25) is 5.88 Å². The smallest absolute Gasteiger partial charge is 0.356 e. The van der Waals surface area contributed by atoms with Crippen LogP contribution in [-0.2, 0) is 0 Å². The number of rotatable bonds is 1. The number of primary amides is 1. The predicted molar refractivity (Wildman–Crippen MR) is 58.8 cm³/mol. The zero-order valence-electron chi connectivity index (χ0n) is 8.56. The SMILES string of the molecule is Cc1cccc2c(N=NC(N)=O)c(O)[nH]c12. The molecule has 0 aliphatic heterocycles. The van der Waals surface area contributed by atoms with Crippen LogP contribution in [0.5, 0.6) is 5.88 Å². The van der Waals surface area contributed by atoms with Crippen molar-refractivity contribution in [2.45, 2.75) is 6.92 Å². The maximum atomic E-state index is 10.5. The van der Waals surface area contributed by atoms with Gasteiger partial charge >= 0.3 is 6.03 Å². The zero-order chi connectivity index (χ0) is 11.7. The van der Waals surface area contributed by atoms with Crippen molar-refractivity contribution in [1.82, 2.24) is 4.98 Å². The molecule has 0 aliphatic carbocycles. The summed E-state index contributed by atoms with van der Waals surface area (Å²) in [6.45, 7) is 1.90. The molecule has 16 heavy (non-hydrogen) atoms. The number of carbonyl (C=O) groups is 1. The Labute approximate surface area is 90.8 Å². The molecule has 0 bridgehead atoms. The quantitative estimate of drug-likeness (QED) is 0.639. The van der Waals surface area contributed by atoms with E-state index in [-0.39, 0.29) is 11.6 Å². The average Bonchev–Trinajstić information content (AvgIpc) is 2.53. The van der Waals surface area contributed by atoms with Crippen LogP contribution in [0.1, 0.15) is 5.56 Å². The molecular formula is C10H10N4O2. The highest BCUT2D eigenvalue weighted by molar-refractivity contribution is 5.96. The number of azo groups is 1. The number of hydrogen-bond acceptors (Lipinski definition) is 3. The summed E-state index contributed by atoms with van der Waals surface area (Å²) >= 11 is 0. The largest absolute Gasteiger partial charge is 0.493 e. The fourth-order valence-corrected chi connectivity index (χ4v) is 1.54. The molecule has 0 saturated heterocycles. The first kappa shape index (κ1) is 10.2. The molecule has 1 heterocycles. The molecule has 82 valence electrons. The summed E-state index contributed by atoms with van der Waals surface area (Å²) in [5.41, 5.74) is 6.79. The lowest BCUT2D eigenvalue weighted by molar-refractivity contribution is 0.255. The first-order chi connectivity index (χ1) is 7.59. The molecule has 0 unspecified atom stereocenters. The van der Waals surface area contributed by atoms with Crippen LogP contribution in [0.25, 0.3) is 10.9 Å². The number of H-pyrrole nitrogens is 1. The molecule has 0 radical (unpaired) electrons. The van der Waals surface area contributed by atoms with E-state index >= 15 is 0 Å². The number of aromatic amines is 1. The van der Waals surface area contributed by atoms with Crippen LogP contribution in [0.4, 0.5) is 10.5 Å². The van der Waals surface area contributed by atoms with Gasteiger partial charge in [0.05, 0.1) is 5.52 Å². The van der Waals surface area contributed by atoms with E-state index in [0.717, 1.165) is 11.1 Å². The maximum Gasteiger partial charge on any atom is 0.356 e. The van der Waals surface area contributed by atoms with E-state index < -0.39 is 6.03 Å². The van der Waals surface area contributed by atoms with Gasteiger partial charge in [-0.15, -0.1) is 5.11 Å². The summed E-state index contributed by atoms with van der Waals surface area (Å²) in [7, 11) is 0. The van der Waals surface area contributed by atoms with Gasteiger partial charge in [-0.1, -0.05) is 23.3 Å². The topological polar surface area (TPSA) is 104 Å². The highest BCUT2D eigenvalue weighted by Gasteiger charge is 2.11. The number of aryl methyl sites for hydroxylation is 1. The number of aromatic hydroxyl groups is 1. The summed E-state index contributed by atoms with van der Waals surface area (Å²) in [6.07, 6.45) is 0. The summed E-state index contributed by atoms with van der Waals surface area (Å²) in [4.78, 5) is 13.2. The number of urea groups is 1. The summed E-state index contributed by atoms with van der Waals surface area (Å²) in [5.74, 6) is -0.130. The van der Waals surface area contributed by atoms with Gasteiger partial charge in [-0.2, -0.15) is 0 Å². The average molecular weight is 218 g/mol. The molecule has 0 aliphatic rings. The second kappa shape index (κ2) is 3.65. The molecular weight excluding hydrogens is 208 g/mol. The number of hydrogen-bond donors (Lipinski definition) is 3. The minimum Gasteiger partial charge on any atom is -0.493 e. The van der Waals surface area contributed by atoms with Crippen molar-refractivity contribution in [1.29, 1.82) is 0 Å². The van der Waals surface area contributed by atoms with E-state index in [0.29, 0.717) is 5.39 Å². The van der Waals surface area contributed by atoms with Crippen molar-refractivity contribution in [3.8, 4) is 5.88 Å². The first-order valence-corrected chi connectivity index (χ1v) is 4.61. The summed E-state index contributed by atoms with van der Waals surface area (Å²) in [5, 5.41) is 17.1. The molecule has 2 rings (SSSR count). The van der Waals surface area contributed by atoms with Crippen molar-refractivity contribution in [2.75, 3.05) is 0 Å². The second-order valence-corrected chi connectivity index (χ2v) is 3.36. The maximum absolute atomic E-state index is 10.5. The molecule has 0 fully saturated rings. The molecule has 0 saturated carbocycles. The van der Waals surface area contributed by atoms with E-state index in [9.17, 15) is 9.90 Å². The molecule has 6 heteroatoms. The normalized spacial score (nSPS) is 11.3. The highest BCUT2D eigenvalue weighted by atomic mass is 16.3. The van der Waals surface area contributed by atoms with Crippen molar-refractivity contribution in [3.63, 3.8) is 0 Å². The van der Waals surface area contributed by atoms with Gasteiger partial charge in [0.15, 0.2) is 5.69 Å². The third-order valence-electron chi connectivity index (χ3n) is 2.24. The number of para-hydroxylation sites is 1. The fourth-order valence-electron chi connectivity index (χ4n) is 1.54. The van der Waals surface area contributed by atoms with Crippen LogP contribution in [0.2, 0.25) is 0 Å². The molecule has 1 aromatic carbocycles. The molecule has 1 aromatic heterocycles. The van der Waals surface area contributed by atoms with Gasteiger partial charge in [-0.05, 0) is 12.5 Å². The van der Waals surface area contributed by atoms with E-state index in [2.05, 4.69) is 15.2 Å². The molecule has 2 aromatic rings. The van der Waals surface area contributed by atoms with Crippen LogP contribution < -0.4 is 5.73 Å². The van der Waals surface area contributed by atoms with Crippen LogP contribution in [-0.4, -0.2) is 16.1 Å². The van der Waals surface area contributed by atoms with Crippen molar-refractivity contribution >= 4 is 22.6 Å². The third kappa shape index (κ3) is 1.60. The zero-order valence-corrected chi connectivity index (χ0v) is 8.56. The fraction of sp³-hybridized carbons (Fsp3) is 0.100. The molecule has 2 amide bonds. The predicted octanol–water partition coefficient (Wildman–Crippen LogP) is 2.34. The Bertz CT molecular complexity index is 586. The summed E-state index contributed by atoms with van der Waals surface area (Å²) in [6, 6.07) is 4.59. The lowest BCUT2D eigenvalue weighted by Crippen LogP contribution is -2.01. The van der Waals surface area contributed by atoms with E-state index in [4.69, 9.17) is 5.73 Å². The first-order valence-electron chi connectivity index (χ1n) is 4.61. The summed E-state index contributed by atoms with van der Waals surface area (Å²) < 4.78 is 0. The van der Waals surface area contributed by atoms with E-state index in [1.165, 1.54) is 0 Å². The van der Waals surface area contributed by atoms with Crippen molar-refractivity contribution in [3.05, 3.63) is 23.8 Å². The Hall–Kier alpha value is -2.37. The molecule has 6 nitrogen and oxygen atoms in total. The number of nitrogens with one attached hydrogen (secondary N) is 1. The Morgan fingerprint density at radius 3 is 2.94 bits per heavy atom. The number of benzene rings is 1. The van der Waals surface area contributed by atoms with Gasteiger partial charge < -0.3 is 15.8 Å². The Kier molecular flexibility index (Phi) is 2.32. The van der Waals surface area contributed by atoms with Gasteiger partial charge in [0.25, 0.3) is 0 Å². The minimum absolute atomic E-state index is 0.130. The number of aromatic nitrogens is 1. The van der Waals surface area contributed by atoms with Gasteiger partial charge in [-0.3, -0.25) is 0 Å². The number of amides is 2. The highest BCUT2D eigenvalue weighted by Crippen LogP contribution is 2.36. The second-order valence-electron chi connectivity index (χ2n) is 3.36. The third-order valence-corrected chi connectivity index (χ3v) is 2.24. The number of nitrogens with zero attached hydrogens (tertiary/aromatic N) is 2. The minimum atomic E-state index is -0.901. The molecule has 0 atom stereocenters. The Balaban J connectivity index is 2.65. The number of nitrogens with two attached hydrogens (primary N) is 1. The van der Waals surface area contributed by atoms with Crippen molar-refractivity contribution < 1.29 is 9.90 Å². The van der Waals surface area contributed by atoms with Gasteiger partial charge in [0.1, 0.15) is 0 Å². The van der Waals surface area contributed by atoms with Crippen LogP contribution in [0, 0.1) is 6.92 Å². The lowest BCUT2D eigenvalue weighted by atomic mass is 10.1. The standard InChI is InChI=1S/C10H10N4O2/c1-5-3-2-4-6-7(5)12-9(15)8(6)13-14-10(11)16/h2-4,12,15H,1H3,(H2,11,16). The lowest BCUT2D eigenvalue weighted by Gasteiger charge is -1.93. The Morgan fingerprint density at radius 1 is 1.50 bits per heavy atom. The Morgan fingerprint density at radius 2 is 2.25 bits per heavy atom. The van der Waals surface area contributed by atoms with Gasteiger partial charge in [0, 0.05) is 5.39 Å².